The number of nitrogens with two attached hydrogens (primary N) is 1. The van der Waals surface area contributed by atoms with Gasteiger partial charge < -0.3 is 15.7 Å². The standard InChI is InChI=1S/C15H31N3OS/c1-14(2,13(16)20)6-5-7-17-8-10-18(11-9-17)12-15(3,4)19/h19H,5-12H2,1-4H3,(H2,16,20). The molecule has 0 amide bonds. The molecule has 3 N–H and O–H groups in total. The maximum Gasteiger partial charge on any atom is 0.0784 e. The van der Waals surface area contributed by atoms with Gasteiger partial charge in [0.25, 0.3) is 0 Å². The summed E-state index contributed by atoms with van der Waals surface area (Å²) >= 11 is 5.10. The van der Waals surface area contributed by atoms with Crippen LogP contribution in [0.3, 0.4) is 0 Å². The van der Waals surface area contributed by atoms with Crippen LogP contribution in [0.25, 0.3) is 0 Å². The molecule has 118 valence electrons. The molecule has 0 unspecified atom stereocenters. The van der Waals surface area contributed by atoms with E-state index in [-0.39, 0.29) is 5.41 Å². The molecular weight excluding hydrogens is 270 g/mol. The average Bonchev–Trinajstić information content (AvgIpc) is 2.29. The van der Waals surface area contributed by atoms with Crippen LogP contribution in [0, 0.1) is 5.41 Å². The fourth-order valence-corrected chi connectivity index (χ4v) is 2.69. The molecular formula is C15H31N3OS. The number of hydrogen-bond acceptors (Lipinski definition) is 4. The normalized spacial score (nSPS) is 19.2. The maximum absolute atomic E-state index is 9.84. The van der Waals surface area contributed by atoms with Gasteiger partial charge in [0, 0.05) is 38.1 Å². The Morgan fingerprint density at radius 3 is 2.05 bits per heavy atom. The molecule has 20 heavy (non-hydrogen) atoms. The van der Waals surface area contributed by atoms with Crippen LogP contribution in [0.2, 0.25) is 0 Å². The Morgan fingerprint density at radius 1 is 1.10 bits per heavy atom. The van der Waals surface area contributed by atoms with Crippen molar-refractivity contribution in [2.75, 3.05) is 39.3 Å². The minimum Gasteiger partial charge on any atom is -0.393 e. The topological polar surface area (TPSA) is 52.7 Å². The van der Waals surface area contributed by atoms with Crippen LogP contribution in [-0.4, -0.2) is 64.8 Å². The summed E-state index contributed by atoms with van der Waals surface area (Å²) in [5, 5.41) is 9.84. The molecule has 0 aromatic carbocycles. The zero-order chi connectivity index (χ0) is 15.4. The Morgan fingerprint density at radius 2 is 1.60 bits per heavy atom. The van der Waals surface area contributed by atoms with E-state index in [2.05, 4.69) is 23.6 Å². The highest BCUT2D eigenvalue weighted by atomic mass is 32.1. The molecule has 0 aliphatic carbocycles. The highest BCUT2D eigenvalue weighted by molar-refractivity contribution is 7.80. The second-order valence-corrected chi connectivity index (χ2v) is 7.72. The molecule has 1 saturated heterocycles. The summed E-state index contributed by atoms with van der Waals surface area (Å²) in [6, 6.07) is 0. The van der Waals surface area contributed by atoms with Crippen molar-refractivity contribution >= 4 is 17.2 Å². The zero-order valence-corrected chi connectivity index (χ0v) is 14.3. The van der Waals surface area contributed by atoms with E-state index in [9.17, 15) is 5.11 Å². The van der Waals surface area contributed by atoms with Crippen molar-refractivity contribution in [3.63, 3.8) is 0 Å². The van der Waals surface area contributed by atoms with Crippen LogP contribution in [0.5, 0.6) is 0 Å². The molecule has 1 rings (SSSR count). The van der Waals surface area contributed by atoms with Gasteiger partial charge in [-0.25, -0.2) is 0 Å². The quantitative estimate of drug-likeness (QED) is 0.698. The highest BCUT2D eigenvalue weighted by Gasteiger charge is 2.24. The molecule has 0 spiro atoms. The first-order valence-electron chi connectivity index (χ1n) is 7.57. The number of β-amino-alcohol motifs (C(OH)–C–C–N with tert-alkyl or cyclic N) is 1. The van der Waals surface area contributed by atoms with Gasteiger partial charge in [0.15, 0.2) is 0 Å². The summed E-state index contributed by atoms with van der Waals surface area (Å²) in [5.74, 6) is 0. The summed E-state index contributed by atoms with van der Waals surface area (Å²) in [4.78, 5) is 5.46. The van der Waals surface area contributed by atoms with E-state index in [1.54, 1.807) is 0 Å². The summed E-state index contributed by atoms with van der Waals surface area (Å²) < 4.78 is 0. The van der Waals surface area contributed by atoms with Gasteiger partial charge in [-0.05, 0) is 33.2 Å². The molecule has 0 aromatic rings. The van der Waals surface area contributed by atoms with Crippen LogP contribution in [0.1, 0.15) is 40.5 Å². The van der Waals surface area contributed by atoms with E-state index >= 15 is 0 Å². The molecule has 0 saturated carbocycles. The molecule has 1 fully saturated rings. The Balaban J connectivity index is 2.22. The van der Waals surface area contributed by atoms with Crippen molar-refractivity contribution in [1.82, 2.24) is 9.80 Å². The van der Waals surface area contributed by atoms with Gasteiger partial charge in [0.1, 0.15) is 0 Å². The monoisotopic (exact) mass is 301 g/mol. The molecule has 1 aliphatic rings. The molecule has 0 atom stereocenters. The molecule has 0 bridgehead atoms. The molecule has 1 aliphatic heterocycles. The SMILES string of the molecule is CC(C)(O)CN1CCN(CCCC(C)(C)C(N)=S)CC1. The van der Waals surface area contributed by atoms with Gasteiger partial charge in [0.05, 0.1) is 10.6 Å². The first kappa shape index (κ1) is 17.8. The molecule has 4 nitrogen and oxygen atoms in total. The number of nitrogens with zero attached hydrogens (tertiary/aromatic N) is 2. The smallest absolute Gasteiger partial charge is 0.0784 e. The number of aliphatic hydroxyl groups is 1. The zero-order valence-electron chi connectivity index (χ0n) is 13.5. The molecule has 0 radical (unpaired) electrons. The fraction of sp³-hybridized carbons (Fsp3) is 0.933. The third kappa shape index (κ3) is 6.48. The van der Waals surface area contributed by atoms with E-state index in [0.717, 1.165) is 52.1 Å². The van der Waals surface area contributed by atoms with E-state index < -0.39 is 5.60 Å². The number of rotatable bonds is 7. The lowest BCUT2D eigenvalue weighted by molar-refractivity contribution is 0.0174. The second kappa shape index (κ2) is 7.16. The summed E-state index contributed by atoms with van der Waals surface area (Å²) in [6.07, 6.45) is 2.18. The van der Waals surface area contributed by atoms with E-state index in [1.165, 1.54) is 0 Å². The maximum atomic E-state index is 9.84. The Labute approximate surface area is 129 Å². The van der Waals surface area contributed by atoms with Crippen molar-refractivity contribution in [3.05, 3.63) is 0 Å². The van der Waals surface area contributed by atoms with Gasteiger partial charge in [-0.3, -0.25) is 4.90 Å². The third-order valence-corrected chi connectivity index (χ3v) is 4.57. The predicted molar refractivity (Wildman–Crippen MR) is 89.0 cm³/mol. The van der Waals surface area contributed by atoms with Crippen molar-refractivity contribution < 1.29 is 5.11 Å². The minimum absolute atomic E-state index is 0.0297. The van der Waals surface area contributed by atoms with Crippen LogP contribution in [-0.2, 0) is 0 Å². The van der Waals surface area contributed by atoms with Gasteiger partial charge >= 0.3 is 0 Å². The fourth-order valence-electron chi connectivity index (χ4n) is 2.59. The van der Waals surface area contributed by atoms with Crippen molar-refractivity contribution in [1.29, 1.82) is 0 Å². The average molecular weight is 302 g/mol. The minimum atomic E-state index is -0.594. The summed E-state index contributed by atoms with van der Waals surface area (Å²) in [5.41, 5.74) is 5.13. The third-order valence-electron chi connectivity index (χ3n) is 4.02. The van der Waals surface area contributed by atoms with Gasteiger partial charge in [-0.15, -0.1) is 0 Å². The lowest BCUT2D eigenvalue weighted by Crippen LogP contribution is -2.50. The summed E-state index contributed by atoms with van der Waals surface area (Å²) in [7, 11) is 0. The largest absolute Gasteiger partial charge is 0.393 e. The Kier molecular flexibility index (Phi) is 6.38. The van der Waals surface area contributed by atoms with E-state index in [4.69, 9.17) is 18.0 Å². The van der Waals surface area contributed by atoms with E-state index in [1.807, 2.05) is 13.8 Å². The van der Waals surface area contributed by atoms with Crippen LogP contribution >= 0.6 is 12.2 Å². The van der Waals surface area contributed by atoms with Crippen molar-refractivity contribution in [3.8, 4) is 0 Å². The molecule has 1 heterocycles. The number of piperazine rings is 1. The second-order valence-electron chi connectivity index (χ2n) is 7.28. The molecule has 0 aromatic heterocycles. The molecule has 5 heteroatoms. The first-order valence-corrected chi connectivity index (χ1v) is 7.98. The lowest BCUT2D eigenvalue weighted by atomic mass is 9.88. The van der Waals surface area contributed by atoms with Gasteiger partial charge in [0.2, 0.25) is 0 Å². The number of thiocarbonyl (C=S) groups is 1. The number of hydrogen-bond donors (Lipinski definition) is 2. The van der Waals surface area contributed by atoms with Crippen LogP contribution in [0.4, 0.5) is 0 Å². The summed E-state index contributed by atoms with van der Waals surface area (Å²) in [6.45, 7) is 14.1. The van der Waals surface area contributed by atoms with Gasteiger partial charge in [-0.2, -0.15) is 0 Å². The van der Waals surface area contributed by atoms with Crippen LogP contribution < -0.4 is 5.73 Å². The van der Waals surface area contributed by atoms with Crippen molar-refractivity contribution in [2.45, 2.75) is 46.1 Å². The highest BCUT2D eigenvalue weighted by Crippen LogP contribution is 2.22. The van der Waals surface area contributed by atoms with Crippen molar-refractivity contribution in [2.24, 2.45) is 11.1 Å². The lowest BCUT2D eigenvalue weighted by Gasteiger charge is -2.37. The first-order chi connectivity index (χ1) is 9.10. The Hall–Kier alpha value is -0.230. The van der Waals surface area contributed by atoms with Crippen LogP contribution in [0.15, 0.2) is 0 Å². The predicted octanol–water partition coefficient (Wildman–Crippen LogP) is 1.47. The van der Waals surface area contributed by atoms with E-state index in [0.29, 0.717) is 4.99 Å². The Bertz CT molecular complexity index is 318. The van der Waals surface area contributed by atoms with Gasteiger partial charge in [-0.1, -0.05) is 26.1 Å².